The number of hydrogen-bond acceptors (Lipinski definition) is 0. The quantitative estimate of drug-likeness (QED) is 0.484. The molecule has 0 bridgehead atoms. The second-order valence-corrected chi connectivity index (χ2v) is 4.25. The molecule has 4 atom stereocenters. The highest BCUT2D eigenvalue weighted by Gasteiger charge is 2.28. The third kappa shape index (κ3) is 1.36. The standard InChI is InChI=1S/C10H20/c1-7-5-6-8(2)10(4)9(7)3/h7-10H,5-6H2,1-4H3/t7-,8?,9?,10?/m0/s1. The van der Waals surface area contributed by atoms with Gasteiger partial charge in [0, 0.05) is 0 Å². The summed E-state index contributed by atoms with van der Waals surface area (Å²) in [6, 6.07) is 0. The molecule has 1 aliphatic carbocycles. The van der Waals surface area contributed by atoms with Crippen molar-refractivity contribution in [3.63, 3.8) is 0 Å². The van der Waals surface area contributed by atoms with Crippen LogP contribution in [0.15, 0.2) is 0 Å². The Labute approximate surface area is 65.0 Å². The van der Waals surface area contributed by atoms with Crippen LogP contribution < -0.4 is 0 Å². The van der Waals surface area contributed by atoms with E-state index in [4.69, 9.17) is 0 Å². The van der Waals surface area contributed by atoms with Crippen LogP contribution in [0.25, 0.3) is 0 Å². The van der Waals surface area contributed by atoms with E-state index in [0.717, 1.165) is 23.7 Å². The molecule has 0 aromatic rings. The summed E-state index contributed by atoms with van der Waals surface area (Å²) in [6.45, 7) is 9.61. The van der Waals surface area contributed by atoms with Crippen molar-refractivity contribution in [3.8, 4) is 0 Å². The van der Waals surface area contributed by atoms with Gasteiger partial charge in [-0.05, 0) is 23.7 Å². The summed E-state index contributed by atoms with van der Waals surface area (Å²) in [5.74, 6) is 3.82. The Bertz CT molecular complexity index is 92.6. The van der Waals surface area contributed by atoms with Crippen LogP contribution in [0.2, 0.25) is 0 Å². The van der Waals surface area contributed by atoms with Gasteiger partial charge in [-0.2, -0.15) is 0 Å². The summed E-state index contributed by atoms with van der Waals surface area (Å²) in [6.07, 6.45) is 2.90. The van der Waals surface area contributed by atoms with E-state index in [-0.39, 0.29) is 0 Å². The van der Waals surface area contributed by atoms with Crippen molar-refractivity contribution in [3.05, 3.63) is 0 Å². The molecular formula is C10H20. The van der Waals surface area contributed by atoms with Crippen LogP contribution in [-0.4, -0.2) is 0 Å². The van der Waals surface area contributed by atoms with Gasteiger partial charge in [0.1, 0.15) is 0 Å². The Morgan fingerprint density at radius 2 is 1.00 bits per heavy atom. The second kappa shape index (κ2) is 2.94. The van der Waals surface area contributed by atoms with Gasteiger partial charge >= 0.3 is 0 Å². The molecule has 10 heavy (non-hydrogen) atoms. The van der Waals surface area contributed by atoms with Gasteiger partial charge in [-0.1, -0.05) is 40.5 Å². The molecule has 1 saturated carbocycles. The van der Waals surface area contributed by atoms with Gasteiger partial charge in [0.25, 0.3) is 0 Å². The fraction of sp³-hybridized carbons (Fsp3) is 1.00. The second-order valence-electron chi connectivity index (χ2n) is 4.25. The van der Waals surface area contributed by atoms with Crippen LogP contribution in [-0.2, 0) is 0 Å². The zero-order valence-corrected chi connectivity index (χ0v) is 7.72. The molecule has 0 N–H and O–H groups in total. The Balaban J connectivity index is 2.52. The molecule has 0 amide bonds. The van der Waals surface area contributed by atoms with Crippen LogP contribution in [0, 0.1) is 23.7 Å². The first-order valence-corrected chi connectivity index (χ1v) is 4.63. The lowest BCUT2D eigenvalue weighted by Gasteiger charge is -2.36. The predicted octanol–water partition coefficient (Wildman–Crippen LogP) is 3.32. The zero-order valence-electron chi connectivity index (χ0n) is 7.72. The highest BCUT2D eigenvalue weighted by Crippen LogP contribution is 2.37. The first kappa shape index (κ1) is 8.10. The Morgan fingerprint density at radius 1 is 0.700 bits per heavy atom. The van der Waals surface area contributed by atoms with E-state index in [0.29, 0.717) is 0 Å². The van der Waals surface area contributed by atoms with E-state index in [2.05, 4.69) is 27.7 Å². The van der Waals surface area contributed by atoms with E-state index < -0.39 is 0 Å². The fourth-order valence-corrected chi connectivity index (χ4v) is 2.09. The lowest BCUT2D eigenvalue weighted by Crippen LogP contribution is -2.27. The predicted molar refractivity (Wildman–Crippen MR) is 45.9 cm³/mol. The molecule has 1 rings (SSSR count). The third-order valence-electron chi connectivity index (χ3n) is 3.70. The van der Waals surface area contributed by atoms with Gasteiger partial charge in [-0.15, -0.1) is 0 Å². The SMILES string of the molecule is CC1CC[C@H](C)C(C)C1C. The highest BCUT2D eigenvalue weighted by molar-refractivity contribution is 4.78. The van der Waals surface area contributed by atoms with Gasteiger partial charge in [-0.3, -0.25) is 0 Å². The summed E-state index contributed by atoms with van der Waals surface area (Å²) in [7, 11) is 0. The van der Waals surface area contributed by atoms with Gasteiger partial charge in [0.2, 0.25) is 0 Å². The Hall–Kier alpha value is 0. The Morgan fingerprint density at radius 3 is 1.30 bits per heavy atom. The molecule has 3 unspecified atom stereocenters. The minimum atomic E-state index is 0.948. The van der Waals surface area contributed by atoms with Crippen molar-refractivity contribution < 1.29 is 0 Å². The van der Waals surface area contributed by atoms with E-state index in [1.807, 2.05) is 0 Å². The fourth-order valence-electron chi connectivity index (χ4n) is 2.09. The van der Waals surface area contributed by atoms with Crippen molar-refractivity contribution in [2.75, 3.05) is 0 Å². The van der Waals surface area contributed by atoms with Crippen molar-refractivity contribution in [1.82, 2.24) is 0 Å². The van der Waals surface area contributed by atoms with Crippen LogP contribution in [0.3, 0.4) is 0 Å². The highest BCUT2D eigenvalue weighted by atomic mass is 14.3. The number of hydrogen-bond donors (Lipinski definition) is 0. The molecule has 0 radical (unpaired) electrons. The average Bonchev–Trinajstić information content (AvgIpc) is 1.93. The lowest BCUT2D eigenvalue weighted by molar-refractivity contribution is 0.137. The van der Waals surface area contributed by atoms with Crippen LogP contribution in [0.4, 0.5) is 0 Å². The average molecular weight is 140 g/mol. The molecule has 60 valence electrons. The van der Waals surface area contributed by atoms with Crippen molar-refractivity contribution in [2.24, 2.45) is 23.7 Å². The molecule has 0 heterocycles. The monoisotopic (exact) mass is 140 g/mol. The molecule has 1 fully saturated rings. The maximum Gasteiger partial charge on any atom is -0.0389 e. The smallest absolute Gasteiger partial charge is 0.0389 e. The summed E-state index contributed by atoms with van der Waals surface area (Å²) >= 11 is 0. The third-order valence-corrected chi connectivity index (χ3v) is 3.70. The normalized spacial score (nSPS) is 49.2. The molecule has 0 nitrogen and oxygen atoms in total. The molecule has 0 aromatic heterocycles. The van der Waals surface area contributed by atoms with Crippen molar-refractivity contribution in [1.29, 1.82) is 0 Å². The topological polar surface area (TPSA) is 0 Å². The van der Waals surface area contributed by atoms with E-state index >= 15 is 0 Å². The maximum absolute atomic E-state index is 2.41. The van der Waals surface area contributed by atoms with E-state index in [1.54, 1.807) is 0 Å². The molecule has 0 spiro atoms. The molecule has 0 saturated heterocycles. The summed E-state index contributed by atoms with van der Waals surface area (Å²) in [5.41, 5.74) is 0. The van der Waals surface area contributed by atoms with Gasteiger partial charge in [0.05, 0.1) is 0 Å². The number of rotatable bonds is 0. The first-order valence-electron chi connectivity index (χ1n) is 4.63. The zero-order chi connectivity index (χ0) is 7.72. The van der Waals surface area contributed by atoms with Gasteiger partial charge < -0.3 is 0 Å². The van der Waals surface area contributed by atoms with Crippen LogP contribution >= 0.6 is 0 Å². The summed E-state index contributed by atoms with van der Waals surface area (Å²) < 4.78 is 0. The minimum Gasteiger partial charge on any atom is -0.0622 e. The summed E-state index contributed by atoms with van der Waals surface area (Å²) in [4.78, 5) is 0. The molecule has 0 aromatic carbocycles. The minimum absolute atomic E-state index is 0.948. The van der Waals surface area contributed by atoms with Gasteiger partial charge in [-0.25, -0.2) is 0 Å². The molecule has 1 aliphatic rings. The molecule has 0 aliphatic heterocycles. The molecular weight excluding hydrogens is 120 g/mol. The van der Waals surface area contributed by atoms with Crippen molar-refractivity contribution in [2.45, 2.75) is 40.5 Å². The van der Waals surface area contributed by atoms with Crippen LogP contribution in [0.5, 0.6) is 0 Å². The first-order chi connectivity index (χ1) is 4.63. The largest absolute Gasteiger partial charge is 0.0622 e. The van der Waals surface area contributed by atoms with E-state index in [9.17, 15) is 0 Å². The Kier molecular flexibility index (Phi) is 2.38. The van der Waals surface area contributed by atoms with E-state index in [1.165, 1.54) is 12.8 Å². The lowest BCUT2D eigenvalue weighted by atomic mass is 9.69. The maximum atomic E-state index is 2.41. The van der Waals surface area contributed by atoms with Crippen molar-refractivity contribution >= 4 is 0 Å². The van der Waals surface area contributed by atoms with Gasteiger partial charge in [0.15, 0.2) is 0 Å². The molecule has 0 heteroatoms. The van der Waals surface area contributed by atoms with Crippen LogP contribution in [0.1, 0.15) is 40.5 Å². The summed E-state index contributed by atoms with van der Waals surface area (Å²) in [5, 5.41) is 0.